The van der Waals surface area contributed by atoms with Crippen molar-refractivity contribution >= 4 is 5.78 Å². The highest BCUT2D eigenvalue weighted by molar-refractivity contribution is 5.95. The van der Waals surface area contributed by atoms with E-state index in [4.69, 9.17) is 0 Å². The topological polar surface area (TPSA) is 36.1 Å². The molecule has 2 heterocycles. The number of carbonyl (C=O) groups is 1. The van der Waals surface area contributed by atoms with E-state index in [0.29, 0.717) is 6.54 Å². The largest absolute Gasteiger partial charge is 0.359 e. The molecule has 1 unspecified atom stereocenters. The lowest BCUT2D eigenvalue weighted by Gasteiger charge is -2.31. The van der Waals surface area contributed by atoms with Crippen molar-refractivity contribution < 1.29 is 4.79 Å². The van der Waals surface area contributed by atoms with E-state index in [1.54, 1.807) is 6.20 Å². The molecule has 1 aliphatic rings. The quantitative estimate of drug-likeness (QED) is 0.790. The van der Waals surface area contributed by atoms with Crippen molar-refractivity contribution in [1.29, 1.82) is 0 Å². The predicted molar refractivity (Wildman–Crippen MR) is 64.6 cm³/mol. The molecule has 1 aromatic rings. The van der Waals surface area contributed by atoms with Crippen molar-refractivity contribution in [3.63, 3.8) is 0 Å². The van der Waals surface area contributed by atoms with Gasteiger partial charge >= 0.3 is 0 Å². The van der Waals surface area contributed by atoms with Gasteiger partial charge in [-0.2, -0.15) is 0 Å². The molecule has 0 spiro atoms. The molecule has 0 aliphatic carbocycles. The lowest BCUT2D eigenvalue weighted by molar-refractivity contribution is 0.0880. The highest BCUT2D eigenvalue weighted by atomic mass is 16.1. The van der Waals surface area contributed by atoms with Crippen LogP contribution >= 0.6 is 0 Å². The Morgan fingerprint density at radius 3 is 3.19 bits per heavy atom. The first-order valence-corrected chi connectivity index (χ1v) is 6.18. The van der Waals surface area contributed by atoms with Gasteiger partial charge in [-0.3, -0.25) is 9.69 Å². The summed E-state index contributed by atoms with van der Waals surface area (Å²) in [7, 11) is 0. The number of H-pyrrole nitrogens is 1. The third-order valence-electron chi connectivity index (χ3n) is 3.45. The van der Waals surface area contributed by atoms with Gasteiger partial charge in [0.2, 0.25) is 0 Å². The fourth-order valence-corrected chi connectivity index (χ4v) is 2.42. The van der Waals surface area contributed by atoms with Crippen LogP contribution < -0.4 is 0 Å². The number of carbonyl (C=O) groups excluding carboxylic acids is 1. The van der Waals surface area contributed by atoms with Gasteiger partial charge in [-0.1, -0.05) is 13.3 Å². The van der Waals surface area contributed by atoms with Gasteiger partial charge in [0.25, 0.3) is 0 Å². The molecule has 1 atom stereocenters. The Balaban J connectivity index is 1.87. The number of ketones is 1. The molecular formula is C13H20N2O. The Labute approximate surface area is 96.8 Å². The third kappa shape index (κ3) is 2.73. The second-order valence-corrected chi connectivity index (χ2v) is 4.66. The number of aromatic nitrogens is 1. The lowest BCUT2D eigenvalue weighted by Crippen LogP contribution is -2.38. The third-order valence-corrected chi connectivity index (χ3v) is 3.45. The number of nitrogens with zero attached hydrogens (tertiary/aromatic N) is 1. The average Bonchev–Trinajstić information content (AvgIpc) is 2.83. The van der Waals surface area contributed by atoms with E-state index in [1.807, 2.05) is 12.1 Å². The number of piperidine rings is 1. The maximum atomic E-state index is 11.9. The summed E-state index contributed by atoms with van der Waals surface area (Å²) in [6.45, 7) is 4.96. The number of aromatic amines is 1. The van der Waals surface area contributed by atoms with Gasteiger partial charge in [-0.05, 0) is 37.4 Å². The minimum Gasteiger partial charge on any atom is -0.359 e. The fraction of sp³-hybridized carbons (Fsp3) is 0.615. The molecule has 0 saturated carbocycles. The first-order chi connectivity index (χ1) is 7.79. The van der Waals surface area contributed by atoms with Crippen molar-refractivity contribution in [1.82, 2.24) is 9.88 Å². The molecule has 0 aromatic carbocycles. The lowest BCUT2D eigenvalue weighted by atomic mass is 9.95. The zero-order valence-electron chi connectivity index (χ0n) is 9.91. The highest BCUT2D eigenvalue weighted by Crippen LogP contribution is 2.19. The van der Waals surface area contributed by atoms with E-state index >= 15 is 0 Å². The van der Waals surface area contributed by atoms with Gasteiger partial charge in [0.1, 0.15) is 0 Å². The fourth-order valence-electron chi connectivity index (χ4n) is 2.42. The van der Waals surface area contributed by atoms with E-state index in [9.17, 15) is 4.79 Å². The smallest absolute Gasteiger partial charge is 0.192 e. The number of hydrogen-bond donors (Lipinski definition) is 1. The average molecular weight is 220 g/mol. The molecule has 3 heteroatoms. The van der Waals surface area contributed by atoms with Gasteiger partial charge in [0.15, 0.2) is 5.78 Å². The molecule has 2 rings (SSSR count). The van der Waals surface area contributed by atoms with Crippen LogP contribution in [0.15, 0.2) is 18.3 Å². The molecule has 1 aliphatic heterocycles. The Kier molecular flexibility index (Phi) is 3.78. The molecule has 3 nitrogen and oxygen atoms in total. The van der Waals surface area contributed by atoms with Gasteiger partial charge in [-0.25, -0.2) is 0 Å². The van der Waals surface area contributed by atoms with Crippen molar-refractivity contribution in [2.24, 2.45) is 5.92 Å². The van der Waals surface area contributed by atoms with Crippen molar-refractivity contribution in [3.8, 4) is 0 Å². The second kappa shape index (κ2) is 5.30. The Morgan fingerprint density at radius 2 is 2.50 bits per heavy atom. The Bertz CT molecular complexity index is 332. The van der Waals surface area contributed by atoms with Crippen LogP contribution in [-0.2, 0) is 0 Å². The molecule has 1 aromatic heterocycles. The number of likely N-dealkylation sites (tertiary alicyclic amines) is 1. The van der Waals surface area contributed by atoms with E-state index in [1.165, 1.54) is 19.3 Å². The van der Waals surface area contributed by atoms with Crippen LogP contribution in [0.4, 0.5) is 0 Å². The van der Waals surface area contributed by atoms with Crippen molar-refractivity contribution in [2.45, 2.75) is 26.2 Å². The van der Waals surface area contributed by atoms with Gasteiger partial charge in [-0.15, -0.1) is 0 Å². The predicted octanol–water partition coefficient (Wildman–Crippen LogP) is 2.32. The first-order valence-electron chi connectivity index (χ1n) is 6.18. The van der Waals surface area contributed by atoms with Crippen LogP contribution in [0, 0.1) is 5.92 Å². The minimum absolute atomic E-state index is 0.210. The first kappa shape index (κ1) is 11.4. The Morgan fingerprint density at radius 1 is 1.62 bits per heavy atom. The molecule has 88 valence electrons. The van der Waals surface area contributed by atoms with Crippen LogP contribution in [0.1, 0.15) is 36.7 Å². The van der Waals surface area contributed by atoms with E-state index in [2.05, 4.69) is 16.8 Å². The number of Topliss-reactive ketones (excluding diaryl/α,β-unsaturated/α-hetero) is 1. The zero-order valence-corrected chi connectivity index (χ0v) is 9.91. The van der Waals surface area contributed by atoms with Crippen molar-refractivity contribution in [2.75, 3.05) is 19.6 Å². The van der Waals surface area contributed by atoms with Crippen molar-refractivity contribution in [3.05, 3.63) is 24.0 Å². The van der Waals surface area contributed by atoms with Crippen LogP contribution in [0.5, 0.6) is 0 Å². The van der Waals surface area contributed by atoms with Crippen LogP contribution in [0.2, 0.25) is 0 Å². The molecule has 1 N–H and O–H groups in total. The van der Waals surface area contributed by atoms with Crippen LogP contribution in [-0.4, -0.2) is 35.3 Å². The molecule has 16 heavy (non-hydrogen) atoms. The van der Waals surface area contributed by atoms with Gasteiger partial charge in [0.05, 0.1) is 12.2 Å². The summed E-state index contributed by atoms with van der Waals surface area (Å²) >= 11 is 0. The number of nitrogens with one attached hydrogen (secondary N) is 1. The normalized spacial score (nSPS) is 22.2. The summed E-state index contributed by atoms with van der Waals surface area (Å²) in [6, 6.07) is 3.72. The number of hydrogen-bond acceptors (Lipinski definition) is 2. The van der Waals surface area contributed by atoms with Crippen LogP contribution in [0.3, 0.4) is 0 Å². The summed E-state index contributed by atoms with van der Waals surface area (Å²) in [4.78, 5) is 17.2. The molecule has 0 bridgehead atoms. The zero-order chi connectivity index (χ0) is 11.4. The summed E-state index contributed by atoms with van der Waals surface area (Å²) in [5.74, 6) is 0.993. The highest BCUT2D eigenvalue weighted by Gasteiger charge is 2.20. The summed E-state index contributed by atoms with van der Waals surface area (Å²) in [5, 5.41) is 0. The summed E-state index contributed by atoms with van der Waals surface area (Å²) < 4.78 is 0. The molecular weight excluding hydrogens is 200 g/mol. The van der Waals surface area contributed by atoms with E-state index in [0.717, 1.165) is 24.7 Å². The molecule has 0 radical (unpaired) electrons. The SMILES string of the molecule is CCC1CCCN(CC(=O)c2ccc[nH]2)C1. The van der Waals surface area contributed by atoms with E-state index < -0.39 is 0 Å². The van der Waals surface area contributed by atoms with Gasteiger partial charge in [0, 0.05) is 12.7 Å². The molecule has 1 saturated heterocycles. The monoisotopic (exact) mass is 220 g/mol. The summed E-state index contributed by atoms with van der Waals surface area (Å²) in [5.41, 5.74) is 0.735. The second-order valence-electron chi connectivity index (χ2n) is 4.66. The minimum atomic E-state index is 0.210. The number of rotatable bonds is 4. The Hall–Kier alpha value is -1.09. The summed E-state index contributed by atoms with van der Waals surface area (Å²) in [6.07, 6.45) is 5.59. The molecule has 0 amide bonds. The maximum Gasteiger partial charge on any atom is 0.192 e. The molecule has 1 fully saturated rings. The maximum absolute atomic E-state index is 11.9. The van der Waals surface area contributed by atoms with Crippen LogP contribution in [0.25, 0.3) is 0 Å². The van der Waals surface area contributed by atoms with E-state index in [-0.39, 0.29) is 5.78 Å². The van der Waals surface area contributed by atoms with Gasteiger partial charge < -0.3 is 4.98 Å². The standard InChI is InChI=1S/C13H20N2O/c1-2-11-5-4-8-15(9-11)10-13(16)12-6-3-7-14-12/h3,6-7,11,14H,2,4-5,8-10H2,1H3.